The quantitative estimate of drug-likeness (QED) is 0.527. The van der Waals surface area contributed by atoms with Crippen molar-refractivity contribution in [2.45, 2.75) is 20.3 Å². The third-order valence-corrected chi connectivity index (χ3v) is 4.45. The lowest BCUT2D eigenvalue weighted by molar-refractivity contribution is 0.276. The summed E-state index contributed by atoms with van der Waals surface area (Å²) in [5.41, 5.74) is -0.367. The van der Waals surface area contributed by atoms with E-state index < -0.39 is 11.2 Å². The molecule has 3 rings (SSSR count). The zero-order valence-electron chi connectivity index (χ0n) is 17.9. The van der Waals surface area contributed by atoms with Crippen molar-refractivity contribution in [1.29, 1.82) is 0 Å². The van der Waals surface area contributed by atoms with Crippen LogP contribution in [0.15, 0.2) is 45.0 Å². The molecule has 3 aromatic rings. The SMILES string of the molecule is CCCOc1c(C=Nn2c(=O)[nH]c3cc(OC)c(OC)cc3c2=O)cccc1OCC. The molecule has 0 amide bonds. The first kappa shape index (κ1) is 21.9. The van der Waals surface area contributed by atoms with Gasteiger partial charge in [0.05, 0.1) is 44.6 Å². The first-order chi connectivity index (χ1) is 15.0. The van der Waals surface area contributed by atoms with Crippen LogP contribution in [0.25, 0.3) is 10.9 Å². The summed E-state index contributed by atoms with van der Waals surface area (Å²) in [5, 5.41) is 4.36. The summed E-state index contributed by atoms with van der Waals surface area (Å²) >= 11 is 0. The first-order valence-electron chi connectivity index (χ1n) is 9.88. The molecule has 0 bridgehead atoms. The molecule has 0 saturated carbocycles. The monoisotopic (exact) mass is 427 g/mol. The maximum atomic E-state index is 12.9. The highest BCUT2D eigenvalue weighted by Gasteiger charge is 2.13. The van der Waals surface area contributed by atoms with Gasteiger partial charge in [-0.25, -0.2) is 4.79 Å². The van der Waals surface area contributed by atoms with Gasteiger partial charge in [0.15, 0.2) is 23.0 Å². The molecule has 0 aliphatic rings. The van der Waals surface area contributed by atoms with Gasteiger partial charge in [-0.2, -0.15) is 5.10 Å². The molecule has 0 radical (unpaired) electrons. The molecule has 1 N–H and O–H groups in total. The lowest BCUT2D eigenvalue weighted by Gasteiger charge is -2.13. The molecule has 9 heteroatoms. The molecule has 9 nitrogen and oxygen atoms in total. The Balaban J connectivity index is 2.10. The van der Waals surface area contributed by atoms with Crippen LogP contribution in [0.3, 0.4) is 0 Å². The van der Waals surface area contributed by atoms with Gasteiger partial charge in [0, 0.05) is 11.6 Å². The number of benzene rings is 2. The van der Waals surface area contributed by atoms with Crippen molar-refractivity contribution in [3.8, 4) is 23.0 Å². The number of nitrogens with zero attached hydrogens (tertiary/aromatic N) is 2. The number of hydrogen-bond acceptors (Lipinski definition) is 7. The zero-order chi connectivity index (χ0) is 22.4. The molecule has 0 atom stereocenters. The summed E-state index contributed by atoms with van der Waals surface area (Å²) in [6, 6.07) is 8.39. The second-order valence-electron chi connectivity index (χ2n) is 6.50. The predicted molar refractivity (Wildman–Crippen MR) is 118 cm³/mol. The fraction of sp³-hybridized carbons (Fsp3) is 0.318. The highest BCUT2D eigenvalue weighted by atomic mass is 16.5. The molecular formula is C22H25N3O6. The van der Waals surface area contributed by atoms with Gasteiger partial charge in [0.1, 0.15) is 0 Å². The Kier molecular flexibility index (Phi) is 6.96. The lowest BCUT2D eigenvalue weighted by Crippen LogP contribution is -2.32. The Bertz CT molecular complexity index is 1210. The number of aromatic nitrogens is 2. The van der Waals surface area contributed by atoms with Crippen LogP contribution < -0.4 is 30.2 Å². The van der Waals surface area contributed by atoms with Gasteiger partial charge in [0.25, 0.3) is 5.56 Å². The molecule has 2 aromatic carbocycles. The third kappa shape index (κ3) is 4.55. The molecule has 1 aromatic heterocycles. The fourth-order valence-corrected chi connectivity index (χ4v) is 3.02. The van der Waals surface area contributed by atoms with Crippen LogP contribution in [0.5, 0.6) is 23.0 Å². The second kappa shape index (κ2) is 9.84. The van der Waals surface area contributed by atoms with E-state index >= 15 is 0 Å². The Hall–Kier alpha value is -3.75. The van der Waals surface area contributed by atoms with Crippen LogP contribution in [0.4, 0.5) is 0 Å². The van der Waals surface area contributed by atoms with E-state index in [0.29, 0.717) is 47.3 Å². The number of nitrogens with one attached hydrogen (secondary N) is 1. The van der Waals surface area contributed by atoms with Crippen molar-refractivity contribution in [2.75, 3.05) is 27.4 Å². The zero-order valence-corrected chi connectivity index (χ0v) is 17.9. The normalized spacial score (nSPS) is 11.1. The number of aromatic amines is 1. The Morgan fingerprint density at radius 1 is 1.03 bits per heavy atom. The van der Waals surface area contributed by atoms with Crippen molar-refractivity contribution in [2.24, 2.45) is 5.10 Å². The number of methoxy groups -OCH3 is 2. The van der Waals surface area contributed by atoms with E-state index in [0.717, 1.165) is 11.1 Å². The van der Waals surface area contributed by atoms with Gasteiger partial charge in [0.2, 0.25) is 0 Å². The fourth-order valence-electron chi connectivity index (χ4n) is 3.02. The summed E-state index contributed by atoms with van der Waals surface area (Å²) in [4.78, 5) is 28.1. The van der Waals surface area contributed by atoms with Crippen LogP contribution in [0, 0.1) is 0 Å². The topological polar surface area (TPSA) is 104 Å². The van der Waals surface area contributed by atoms with Crippen molar-refractivity contribution < 1.29 is 18.9 Å². The Morgan fingerprint density at radius 2 is 1.77 bits per heavy atom. The van der Waals surface area contributed by atoms with Crippen molar-refractivity contribution in [1.82, 2.24) is 9.66 Å². The van der Waals surface area contributed by atoms with E-state index in [1.165, 1.54) is 32.6 Å². The average Bonchev–Trinajstić information content (AvgIpc) is 2.77. The molecule has 0 fully saturated rings. The van der Waals surface area contributed by atoms with Crippen molar-refractivity contribution in [3.05, 3.63) is 56.7 Å². The number of para-hydroxylation sites is 1. The van der Waals surface area contributed by atoms with Crippen LogP contribution in [0.2, 0.25) is 0 Å². The molecule has 31 heavy (non-hydrogen) atoms. The highest BCUT2D eigenvalue weighted by Crippen LogP contribution is 2.31. The molecular weight excluding hydrogens is 402 g/mol. The standard InChI is InChI=1S/C22H25N3O6/c1-5-10-31-20-14(8-7-9-17(20)30-6-2)13-23-25-21(26)15-11-18(28-3)19(29-4)12-16(15)24-22(25)27/h7-9,11-13H,5-6,10H2,1-4H3,(H,24,27). The van der Waals surface area contributed by atoms with Gasteiger partial charge in [-0.05, 0) is 31.5 Å². The molecule has 1 heterocycles. The third-order valence-electron chi connectivity index (χ3n) is 4.45. The largest absolute Gasteiger partial charge is 0.493 e. The number of H-pyrrole nitrogens is 1. The van der Waals surface area contributed by atoms with E-state index in [9.17, 15) is 9.59 Å². The highest BCUT2D eigenvalue weighted by molar-refractivity contribution is 5.85. The predicted octanol–water partition coefficient (Wildman–Crippen LogP) is 2.78. The molecule has 0 spiro atoms. The van der Waals surface area contributed by atoms with E-state index in [-0.39, 0.29) is 5.39 Å². The summed E-state index contributed by atoms with van der Waals surface area (Å²) in [6.45, 7) is 4.83. The molecule has 0 aliphatic heterocycles. The van der Waals surface area contributed by atoms with Gasteiger partial charge in [-0.1, -0.05) is 13.0 Å². The summed E-state index contributed by atoms with van der Waals surface area (Å²) < 4.78 is 22.7. The number of rotatable bonds is 9. The van der Waals surface area contributed by atoms with Gasteiger partial charge in [-0.3, -0.25) is 4.79 Å². The summed E-state index contributed by atoms with van der Waals surface area (Å²) in [7, 11) is 2.94. The van der Waals surface area contributed by atoms with Gasteiger partial charge < -0.3 is 23.9 Å². The van der Waals surface area contributed by atoms with Crippen LogP contribution in [-0.4, -0.2) is 43.3 Å². The summed E-state index contributed by atoms with van der Waals surface area (Å²) in [6.07, 6.45) is 2.21. The van der Waals surface area contributed by atoms with Gasteiger partial charge >= 0.3 is 5.69 Å². The minimum absolute atomic E-state index is 0.236. The number of hydrogen-bond donors (Lipinski definition) is 1. The molecule has 0 aliphatic carbocycles. The van der Waals surface area contributed by atoms with Crippen LogP contribution in [-0.2, 0) is 0 Å². The Morgan fingerprint density at radius 3 is 2.45 bits per heavy atom. The Labute approximate surface area is 178 Å². The van der Waals surface area contributed by atoms with E-state index in [2.05, 4.69) is 10.1 Å². The number of fused-ring (bicyclic) bond motifs is 1. The van der Waals surface area contributed by atoms with E-state index in [4.69, 9.17) is 18.9 Å². The minimum atomic E-state index is -0.682. The summed E-state index contributed by atoms with van der Waals surface area (Å²) in [5.74, 6) is 1.84. The molecule has 164 valence electrons. The maximum absolute atomic E-state index is 12.9. The van der Waals surface area contributed by atoms with E-state index in [1.54, 1.807) is 18.2 Å². The smallest absolute Gasteiger partial charge is 0.349 e. The lowest BCUT2D eigenvalue weighted by atomic mass is 10.2. The molecule has 0 saturated heterocycles. The maximum Gasteiger partial charge on any atom is 0.349 e. The van der Waals surface area contributed by atoms with Crippen molar-refractivity contribution in [3.63, 3.8) is 0 Å². The van der Waals surface area contributed by atoms with Gasteiger partial charge in [-0.15, -0.1) is 4.68 Å². The molecule has 0 unspecified atom stereocenters. The van der Waals surface area contributed by atoms with E-state index in [1.807, 2.05) is 13.8 Å². The minimum Gasteiger partial charge on any atom is -0.493 e. The number of ether oxygens (including phenoxy) is 4. The second-order valence-corrected chi connectivity index (χ2v) is 6.50. The van der Waals surface area contributed by atoms with Crippen LogP contribution in [0.1, 0.15) is 25.8 Å². The van der Waals surface area contributed by atoms with Crippen molar-refractivity contribution >= 4 is 17.1 Å². The van der Waals surface area contributed by atoms with Crippen LogP contribution >= 0.6 is 0 Å². The first-order valence-corrected chi connectivity index (χ1v) is 9.88. The average molecular weight is 427 g/mol.